The highest BCUT2D eigenvalue weighted by Crippen LogP contribution is 2.25. The van der Waals surface area contributed by atoms with Gasteiger partial charge in [-0.05, 0) is 37.6 Å². The predicted molar refractivity (Wildman–Crippen MR) is 108 cm³/mol. The molecule has 126 valence electrons. The summed E-state index contributed by atoms with van der Waals surface area (Å²) in [6.45, 7) is 16.5. The number of hydrogen-bond acceptors (Lipinski definition) is 1. The molecule has 0 saturated heterocycles. The lowest BCUT2D eigenvalue weighted by molar-refractivity contribution is -0.430. The van der Waals surface area contributed by atoms with Gasteiger partial charge in [0.1, 0.15) is 19.1 Å². The van der Waals surface area contributed by atoms with Crippen LogP contribution in [0.1, 0.15) is 19.4 Å². The second-order valence-electron chi connectivity index (χ2n) is 5.86. The molecule has 1 heterocycles. The SMILES string of the molecule is C=C=[N+](C)C(=C)C=CC=[N+](CC)c1cccc2cc(C(=C)C)cnc12. The van der Waals surface area contributed by atoms with Crippen molar-refractivity contribution < 1.29 is 9.15 Å². The average Bonchev–Trinajstić information content (AvgIpc) is 2.63. The Morgan fingerprint density at radius 1 is 1.32 bits per heavy atom. The minimum absolute atomic E-state index is 0.824. The highest BCUT2D eigenvalue weighted by molar-refractivity contribution is 5.89. The lowest BCUT2D eigenvalue weighted by Crippen LogP contribution is -2.06. The van der Waals surface area contributed by atoms with Gasteiger partial charge in [0, 0.05) is 36.4 Å². The number of likely N-dealkylation sites (N-methyl/N-ethyl adjacent to an activating group) is 1. The summed E-state index contributed by atoms with van der Waals surface area (Å²) in [4.78, 5) is 4.67. The smallest absolute Gasteiger partial charge is 0.231 e. The summed E-state index contributed by atoms with van der Waals surface area (Å²) in [7, 11) is 1.87. The van der Waals surface area contributed by atoms with Crippen molar-refractivity contribution in [1.82, 2.24) is 4.98 Å². The minimum atomic E-state index is 0.824. The Balaban J connectivity index is 2.45. The topological polar surface area (TPSA) is 18.9 Å². The number of allylic oxidation sites excluding steroid dienone is 3. The fraction of sp³-hybridized carbons (Fsp3) is 0.182. The van der Waals surface area contributed by atoms with Gasteiger partial charge in [-0.15, -0.1) is 0 Å². The summed E-state index contributed by atoms with van der Waals surface area (Å²) in [5.41, 5.74) is 4.96. The first-order valence-electron chi connectivity index (χ1n) is 8.26. The maximum Gasteiger partial charge on any atom is 0.231 e. The van der Waals surface area contributed by atoms with Crippen LogP contribution in [0, 0.1) is 0 Å². The van der Waals surface area contributed by atoms with Crippen molar-refractivity contribution in [3.8, 4) is 0 Å². The third-order valence-corrected chi connectivity index (χ3v) is 4.06. The van der Waals surface area contributed by atoms with Gasteiger partial charge < -0.3 is 0 Å². The van der Waals surface area contributed by atoms with Gasteiger partial charge in [-0.3, -0.25) is 0 Å². The molecular weight excluding hydrogens is 306 g/mol. The Kier molecular flexibility index (Phi) is 5.99. The number of fused-ring (bicyclic) bond motifs is 1. The molecule has 0 amide bonds. The van der Waals surface area contributed by atoms with Crippen molar-refractivity contribution >= 4 is 34.2 Å². The Labute approximate surface area is 150 Å². The first-order valence-corrected chi connectivity index (χ1v) is 8.26. The number of benzene rings is 1. The molecule has 2 rings (SSSR count). The van der Waals surface area contributed by atoms with Gasteiger partial charge in [0.05, 0.1) is 0 Å². The molecule has 1 aromatic carbocycles. The maximum absolute atomic E-state index is 4.67. The van der Waals surface area contributed by atoms with E-state index in [9.17, 15) is 0 Å². The van der Waals surface area contributed by atoms with Crippen LogP contribution >= 0.6 is 0 Å². The first-order chi connectivity index (χ1) is 12.0. The van der Waals surface area contributed by atoms with E-state index in [1.54, 1.807) is 4.58 Å². The largest absolute Gasteiger partial charge is 0.249 e. The highest BCUT2D eigenvalue weighted by Gasteiger charge is 2.13. The van der Waals surface area contributed by atoms with Crippen molar-refractivity contribution in [3.05, 3.63) is 73.6 Å². The van der Waals surface area contributed by atoms with Crippen molar-refractivity contribution in [2.45, 2.75) is 13.8 Å². The van der Waals surface area contributed by atoms with E-state index >= 15 is 0 Å². The third-order valence-electron chi connectivity index (χ3n) is 4.06. The van der Waals surface area contributed by atoms with Crippen molar-refractivity contribution in [2.24, 2.45) is 0 Å². The molecule has 0 aliphatic carbocycles. The van der Waals surface area contributed by atoms with Crippen LogP contribution in [0.5, 0.6) is 0 Å². The maximum atomic E-state index is 4.67. The molecule has 0 bridgehead atoms. The predicted octanol–water partition coefficient (Wildman–Crippen LogP) is 4.57. The number of rotatable bonds is 6. The minimum Gasteiger partial charge on any atom is -0.249 e. The molecule has 0 fully saturated rings. The Bertz CT molecular complexity index is 939. The van der Waals surface area contributed by atoms with Crippen molar-refractivity contribution in [1.29, 1.82) is 0 Å². The van der Waals surface area contributed by atoms with Gasteiger partial charge in [0.2, 0.25) is 11.4 Å². The van der Waals surface area contributed by atoms with Gasteiger partial charge in [-0.25, -0.2) is 4.98 Å². The summed E-state index contributed by atoms with van der Waals surface area (Å²) in [6, 6.07) is 8.36. The number of hydrogen-bond donors (Lipinski definition) is 0. The Hall–Kier alpha value is -3.03. The third kappa shape index (κ3) is 4.28. The fourth-order valence-electron chi connectivity index (χ4n) is 2.44. The molecule has 0 aliphatic heterocycles. The fourth-order valence-corrected chi connectivity index (χ4v) is 2.44. The molecular formula is C22H25N3+2. The molecule has 0 saturated carbocycles. The van der Waals surface area contributed by atoms with Crippen molar-refractivity contribution in [3.63, 3.8) is 0 Å². The van der Waals surface area contributed by atoms with Gasteiger partial charge in [0.25, 0.3) is 0 Å². The van der Waals surface area contributed by atoms with Gasteiger partial charge in [-0.2, -0.15) is 9.15 Å². The average molecular weight is 331 g/mol. The zero-order valence-electron chi connectivity index (χ0n) is 15.3. The molecule has 0 N–H and O–H groups in total. The van der Waals surface area contributed by atoms with E-state index in [0.29, 0.717) is 0 Å². The zero-order valence-corrected chi connectivity index (χ0v) is 15.3. The standard InChI is InChI=1S/C22H25N3/c1-7-24(6)18(5)11-10-14-25(8-2)21-13-9-12-19-15-20(17(3)4)16-23-22(19)21/h9-16H,1,3,5,8H2,2,4,6H3/q+2. The van der Waals surface area contributed by atoms with Gasteiger partial charge >= 0.3 is 0 Å². The molecule has 0 aliphatic rings. The first kappa shape index (κ1) is 18.3. The number of para-hydroxylation sites is 1. The summed E-state index contributed by atoms with van der Waals surface area (Å²) < 4.78 is 3.91. The molecule has 3 heteroatoms. The molecule has 1 aromatic heterocycles. The van der Waals surface area contributed by atoms with Crippen LogP contribution in [0.2, 0.25) is 0 Å². The van der Waals surface area contributed by atoms with Crippen molar-refractivity contribution in [2.75, 3.05) is 13.6 Å². The van der Waals surface area contributed by atoms with Crippen LogP contribution < -0.4 is 0 Å². The molecule has 0 radical (unpaired) electrons. The second-order valence-corrected chi connectivity index (χ2v) is 5.86. The van der Waals surface area contributed by atoms with E-state index in [2.05, 4.69) is 66.4 Å². The summed E-state index contributed by atoms with van der Waals surface area (Å²) in [5, 5.41) is 1.11. The number of nitrogens with zero attached hydrogens (tertiary/aromatic N) is 3. The van der Waals surface area contributed by atoms with Crippen LogP contribution in [0.4, 0.5) is 5.69 Å². The van der Waals surface area contributed by atoms with Crippen LogP contribution in [0.15, 0.2) is 68.0 Å². The van der Waals surface area contributed by atoms with Gasteiger partial charge in [-0.1, -0.05) is 18.7 Å². The van der Waals surface area contributed by atoms with Gasteiger partial charge in [0.15, 0.2) is 12.1 Å². The van der Waals surface area contributed by atoms with E-state index in [4.69, 9.17) is 0 Å². The lowest BCUT2D eigenvalue weighted by Gasteiger charge is -2.05. The lowest BCUT2D eigenvalue weighted by atomic mass is 10.1. The monoisotopic (exact) mass is 331 g/mol. The van der Waals surface area contributed by atoms with Crippen LogP contribution in [0.3, 0.4) is 0 Å². The number of aromatic nitrogens is 1. The summed E-state index contributed by atoms with van der Waals surface area (Å²) in [5.74, 6) is 2.77. The molecule has 0 atom stereocenters. The second kappa shape index (κ2) is 8.18. The Morgan fingerprint density at radius 3 is 2.72 bits per heavy atom. The summed E-state index contributed by atoms with van der Waals surface area (Å²) in [6.07, 6.45) is 7.82. The van der Waals surface area contributed by atoms with E-state index < -0.39 is 0 Å². The summed E-state index contributed by atoms with van der Waals surface area (Å²) >= 11 is 0. The zero-order chi connectivity index (χ0) is 18.4. The Morgan fingerprint density at radius 2 is 2.08 bits per heavy atom. The van der Waals surface area contributed by atoms with Crippen LogP contribution in [-0.4, -0.2) is 39.8 Å². The van der Waals surface area contributed by atoms with Crippen LogP contribution in [0.25, 0.3) is 16.5 Å². The molecule has 3 nitrogen and oxygen atoms in total. The molecule has 0 unspecified atom stereocenters. The quantitative estimate of drug-likeness (QED) is 0.431. The van der Waals surface area contributed by atoms with E-state index in [0.717, 1.165) is 40.0 Å². The highest BCUT2D eigenvalue weighted by atomic mass is 15.0. The molecule has 0 spiro atoms. The number of pyridine rings is 1. The van der Waals surface area contributed by atoms with E-state index in [1.807, 2.05) is 38.5 Å². The normalized spacial score (nSPS) is 11.6. The molecule has 2 aromatic rings. The van der Waals surface area contributed by atoms with E-state index in [-0.39, 0.29) is 0 Å². The van der Waals surface area contributed by atoms with Crippen LogP contribution in [-0.2, 0) is 0 Å². The van der Waals surface area contributed by atoms with E-state index in [1.165, 1.54) is 0 Å². The molecule has 25 heavy (non-hydrogen) atoms.